The molecule has 86 valence electrons. The van der Waals surface area contributed by atoms with Crippen LogP contribution in [0, 0.1) is 10.1 Å². The molecule has 1 heterocycles. The van der Waals surface area contributed by atoms with Gasteiger partial charge in [-0.1, -0.05) is 12.1 Å². The Kier molecular flexibility index (Phi) is 2.57. The number of rotatable bonds is 3. The first kappa shape index (κ1) is 10.8. The van der Waals surface area contributed by atoms with Crippen molar-refractivity contribution in [2.24, 2.45) is 0 Å². The zero-order valence-electron chi connectivity index (χ0n) is 8.58. The summed E-state index contributed by atoms with van der Waals surface area (Å²) in [6.45, 7) is 0. The maximum atomic E-state index is 10.8. The highest BCUT2D eigenvalue weighted by molar-refractivity contribution is 5.91. The third kappa shape index (κ3) is 1.85. The second-order valence-electron chi connectivity index (χ2n) is 3.32. The van der Waals surface area contributed by atoms with Crippen molar-refractivity contribution in [1.82, 2.24) is 10.2 Å². The van der Waals surface area contributed by atoms with Crippen molar-refractivity contribution in [3.63, 3.8) is 0 Å². The molecular weight excluding hydrogens is 224 g/mol. The van der Waals surface area contributed by atoms with Crippen LogP contribution >= 0.6 is 0 Å². The smallest absolute Gasteiger partial charge is 0.270 e. The molecule has 0 unspecified atom stereocenters. The van der Waals surface area contributed by atoms with E-state index in [9.17, 15) is 14.9 Å². The van der Waals surface area contributed by atoms with Gasteiger partial charge in [-0.15, -0.1) is 0 Å². The summed E-state index contributed by atoms with van der Waals surface area (Å²) in [4.78, 5) is 20.9. The van der Waals surface area contributed by atoms with Crippen molar-refractivity contribution in [2.45, 2.75) is 0 Å². The maximum Gasteiger partial charge on any atom is 0.270 e. The number of nitrogen functional groups attached to an aromatic ring is 1. The number of carbonyl (C=O) groups excluding carboxylic acids is 1. The van der Waals surface area contributed by atoms with Crippen molar-refractivity contribution >= 4 is 17.8 Å². The number of nitrogens with two attached hydrogens (primary N) is 1. The summed E-state index contributed by atoms with van der Waals surface area (Å²) in [6, 6.07) is 5.87. The van der Waals surface area contributed by atoms with Gasteiger partial charge in [0.25, 0.3) is 5.69 Å². The molecule has 0 saturated carbocycles. The number of aldehydes is 1. The summed E-state index contributed by atoms with van der Waals surface area (Å²) in [7, 11) is 0. The first-order chi connectivity index (χ1) is 8.13. The monoisotopic (exact) mass is 232 g/mol. The molecule has 0 aliphatic rings. The molecule has 2 aromatic rings. The van der Waals surface area contributed by atoms with Gasteiger partial charge in [0, 0.05) is 17.7 Å². The normalized spacial score (nSPS) is 10.1. The predicted molar refractivity (Wildman–Crippen MR) is 60.5 cm³/mol. The van der Waals surface area contributed by atoms with Gasteiger partial charge >= 0.3 is 0 Å². The number of nitro groups is 1. The van der Waals surface area contributed by atoms with Crippen LogP contribution in [0.2, 0.25) is 0 Å². The van der Waals surface area contributed by atoms with Crippen LogP contribution in [0.1, 0.15) is 10.4 Å². The average Bonchev–Trinajstić information content (AvgIpc) is 2.70. The third-order valence-corrected chi connectivity index (χ3v) is 2.30. The van der Waals surface area contributed by atoms with Crippen LogP contribution in [0.4, 0.5) is 11.5 Å². The summed E-state index contributed by atoms with van der Waals surface area (Å²) < 4.78 is 0. The number of nitrogens with zero attached hydrogens (tertiary/aromatic N) is 2. The summed E-state index contributed by atoms with van der Waals surface area (Å²) in [6.07, 6.45) is 0.562. The number of hydrogen-bond acceptors (Lipinski definition) is 5. The average molecular weight is 232 g/mol. The van der Waals surface area contributed by atoms with E-state index in [2.05, 4.69) is 10.2 Å². The second kappa shape index (κ2) is 4.05. The van der Waals surface area contributed by atoms with Gasteiger partial charge in [0.15, 0.2) is 12.1 Å². The number of anilines is 1. The number of hydrogen-bond donors (Lipinski definition) is 2. The standard InChI is InChI=1S/C10H8N4O3/c11-10-8(5-15)9(12-13-10)6-2-1-3-7(4-6)14(16)17/h1-5H,(H3,11,12,13). The van der Waals surface area contributed by atoms with Crippen LogP contribution in [-0.2, 0) is 0 Å². The summed E-state index contributed by atoms with van der Waals surface area (Å²) in [5.74, 6) is 0.0708. The van der Waals surface area contributed by atoms with Crippen molar-refractivity contribution in [3.8, 4) is 11.3 Å². The minimum absolute atomic E-state index is 0.0625. The molecule has 0 atom stereocenters. The van der Waals surface area contributed by atoms with Crippen LogP contribution in [0.3, 0.4) is 0 Å². The van der Waals surface area contributed by atoms with Crippen LogP contribution in [0.15, 0.2) is 24.3 Å². The van der Waals surface area contributed by atoms with E-state index < -0.39 is 4.92 Å². The lowest BCUT2D eigenvalue weighted by atomic mass is 10.1. The van der Waals surface area contributed by atoms with E-state index in [4.69, 9.17) is 5.73 Å². The van der Waals surface area contributed by atoms with Crippen LogP contribution in [0.25, 0.3) is 11.3 Å². The predicted octanol–water partition coefficient (Wildman–Crippen LogP) is 1.38. The van der Waals surface area contributed by atoms with E-state index in [0.717, 1.165) is 0 Å². The van der Waals surface area contributed by atoms with Gasteiger partial charge < -0.3 is 5.73 Å². The quantitative estimate of drug-likeness (QED) is 0.471. The molecule has 0 aliphatic heterocycles. The molecular formula is C10H8N4O3. The first-order valence-electron chi connectivity index (χ1n) is 4.67. The zero-order chi connectivity index (χ0) is 12.4. The summed E-state index contributed by atoms with van der Waals surface area (Å²) >= 11 is 0. The van der Waals surface area contributed by atoms with E-state index in [-0.39, 0.29) is 17.1 Å². The molecule has 0 aliphatic carbocycles. The molecule has 2 rings (SSSR count). The highest BCUT2D eigenvalue weighted by Crippen LogP contribution is 2.26. The Morgan fingerprint density at radius 3 is 2.88 bits per heavy atom. The van der Waals surface area contributed by atoms with Gasteiger partial charge in [-0.05, 0) is 0 Å². The van der Waals surface area contributed by atoms with Gasteiger partial charge in [0.05, 0.1) is 16.2 Å². The Labute approximate surface area is 95.4 Å². The van der Waals surface area contributed by atoms with Crippen LogP contribution < -0.4 is 5.73 Å². The number of benzene rings is 1. The molecule has 3 N–H and O–H groups in total. The van der Waals surface area contributed by atoms with Crippen molar-refractivity contribution in [2.75, 3.05) is 5.73 Å². The Hall–Kier alpha value is -2.70. The molecule has 0 spiro atoms. The van der Waals surface area contributed by atoms with E-state index in [1.54, 1.807) is 6.07 Å². The molecule has 7 heteroatoms. The molecule has 7 nitrogen and oxygen atoms in total. The van der Waals surface area contributed by atoms with E-state index in [1.165, 1.54) is 18.2 Å². The highest BCUT2D eigenvalue weighted by atomic mass is 16.6. The number of aromatic amines is 1. The molecule has 1 aromatic carbocycles. The topological polar surface area (TPSA) is 115 Å². The molecule has 17 heavy (non-hydrogen) atoms. The largest absolute Gasteiger partial charge is 0.382 e. The van der Waals surface area contributed by atoms with Gasteiger partial charge in [-0.25, -0.2) is 0 Å². The van der Waals surface area contributed by atoms with Gasteiger partial charge in [0.1, 0.15) is 0 Å². The number of non-ortho nitro benzene ring substituents is 1. The number of carbonyl (C=O) groups is 1. The summed E-state index contributed by atoms with van der Waals surface area (Å²) in [5, 5.41) is 16.9. The number of aromatic nitrogens is 2. The lowest BCUT2D eigenvalue weighted by Gasteiger charge is -1.98. The van der Waals surface area contributed by atoms with Crippen molar-refractivity contribution in [3.05, 3.63) is 39.9 Å². The molecule has 0 amide bonds. The fourth-order valence-corrected chi connectivity index (χ4v) is 1.48. The Morgan fingerprint density at radius 2 is 2.24 bits per heavy atom. The van der Waals surface area contributed by atoms with Crippen LogP contribution in [0.5, 0.6) is 0 Å². The second-order valence-corrected chi connectivity index (χ2v) is 3.32. The lowest BCUT2D eigenvalue weighted by molar-refractivity contribution is -0.384. The minimum atomic E-state index is -0.510. The fourth-order valence-electron chi connectivity index (χ4n) is 1.48. The Bertz CT molecular complexity index is 591. The number of nitro benzene ring substituents is 1. The minimum Gasteiger partial charge on any atom is -0.382 e. The van der Waals surface area contributed by atoms with Crippen LogP contribution in [-0.4, -0.2) is 21.4 Å². The SMILES string of the molecule is Nc1n[nH]c(-c2cccc([N+](=O)[O-])c2)c1C=O. The van der Waals surface area contributed by atoms with E-state index in [0.29, 0.717) is 17.5 Å². The first-order valence-corrected chi connectivity index (χ1v) is 4.67. The highest BCUT2D eigenvalue weighted by Gasteiger charge is 2.14. The third-order valence-electron chi connectivity index (χ3n) is 2.30. The van der Waals surface area contributed by atoms with Crippen molar-refractivity contribution < 1.29 is 9.72 Å². The van der Waals surface area contributed by atoms with E-state index in [1.807, 2.05) is 0 Å². The molecule has 0 fully saturated rings. The van der Waals surface area contributed by atoms with E-state index >= 15 is 0 Å². The molecule has 1 aromatic heterocycles. The fraction of sp³-hybridized carbons (Fsp3) is 0. The summed E-state index contributed by atoms with van der Waals surface area (Å²) in [5.41, 5.74) is 6.48. The van der Waals surface area contributed by atoms with Gasteiger partial charge in [0.2, 0.25) is 0 Å². The number of H-pyrrole nitrogens is 1. The Balaban J connectivity index is 2.56. The Morgan fingerprint density at radius 1 is 1.47 bits per heavy atom. The lowest BCUT2D eigenvalue weighted by Crippen LogP contribution is -1.92. The van der Waals surface area contributed by atoms with Gasteiger partial charge in [-0.2, -0.15) is 5.10 Å². The van der Waals surface area contributed by atoms with Gasteiger partial charge in [-0.3, -0.25) is 20.0 Å². The molecule has 0 saturated heterocycles. The van der Waals surface area contributed by atoms with Crippen molar-refractivity contribution in [1.29, 1.82) is 0 Å². The zero-order valence-corrected chi connectivity index (χ0v) is 8.58. The molecule has 0 radical (unpaired) electrons. The molecule has 0 bridgehead atoms. The maximum absolute atomic E-state index is 10.8. The number of nitrogens with one attached hydrogen (secondary N) is 1.